The summed E-state index contributed by atoms with van der Waals surface area (Å²) in [6.07, 6.45) is 7.80. The van der Waals surface area contributed by atoms with Crippen LogP contribution >= 0.6 is 23.2 Å². The zero-order valence-corrected chi connectivity index (χ0v) is 13.2. The molecule has 1 aliphatic carbocycles. The molecule has 0 spiro atoms. The van der Waals surface area contributed by atoms with Gasteiger partial charge in [-0.2, -0.15) is 0 Å². The van der Waals surface area contributed by atoms with Crippen molar-refractivity contribution in [1.82, 2.24) is 9.88 Å². The molecule has 0 amide bonds. The van der Waals surface area contributed by atoms with E-state index < -0.39 is 0 Å². The van der Waals surface area contributed by atoms with Gasteiger partial charge in [-0.25, -0.2) is 4.98 Å². The zero-order valence-electron chi connectivity index (χ0n) is 11.7. The summed E-state index contributed by atoms with van der Waals surface area (Å²) in [5.41, 5.74) is 1.12. The van der Waals surface area contributed by atoms with Crippen LogP contribution in [0.2, 0.25) is 5.15 Å². The molecular weight excluding hydrogens is 279 g/mol. The van der Waals surface area contributed by atoms with E-state index >= 15 is 0 Å². The third-order valence-corrected chi connectivity index (χ3v) is 4.97. The monoisotopic (exact) mass is 300 g/mol. The minimum atomic E-state index is -0.293. The van der Waals surface area contributed by atoms with Gasteiger partial charge in [0.15, 0.2) is 0 Å². The van der Waals surface area contributed by atoms with Crippen LogP contribution in [0.5, 0.6) is 0 Å². The van der Waals surface area contributed by atoms with Gasteiger partial charge in [-0.3, -0.25) is 0 Å². The van der Waals surface area contributed by atoms with Crippen LogP contribution in [0.15, 0.2) is 18.3 Å². The van der Waals surface area contributed by atoms with Crippen molar-refractivity contribution in [3.8, 4) is 0 Å². The van der Waals surface area contributed by atoms with Gasteiger partial charge in [-0.1, -0.05) is 36.9 Å². The molecule has 2 unspecified atom stereocenters. The maximum atomic E-state index is 7.06. The summed E-state index contributed by atoms with van der Waals surface area (Å²) in [5.74, 6) is 0.467. The molecular formula is C15H22Cl2N2. The van der Waals surface area contributed by atoms with Crippen LogP contribution in [-0.4, -0.2) is 30.5 Å². The summed E-state index contributed by atoms with van der Waals surface area (Å²) >= 11 is 12.9. The number of hydrogen-bond donors (Lipinski definition) is 0. The molecule has 0 radical (unpaired) electrons. The molecule has 0 bridgehead atoms. The van der Waals surface area contributed by atoms with E-state index in [1.807, 2.05) is 18.3 Å². The third kappa shape index (κ3) is 3.62. The molecule has 1 saturated carbocycles. The molecule has 1 aliphatic rings. The van der Waals surface area contributed by atoms with Crippen molar-refractivity contribution in [2.45, 2.75) is 37.0 Å². The van der Waals surface area contributed by atoms with Crippen LogP contribution in [0.25, 0.3) is 0 Å². The molecule has 1 heterocycles. The maximum Gasteiger partial charge on any atom is 0.129 e. The topological polar surface area (TPSA) is 16.1 Å². The second-order valence-electron chi connectivity index (χ2n) is 5.79. The van der Waals surface area contributed by atoms with Gasteiger partial charge in [0.2, 0.25) is 0 Å². The van der Waals surface area contributed by atoms with E-state index in [2.05, 4.69) is 24.0 Å². The number of alkyl halides is 1. The second kappa shape index (κ2) is 6.43. The quantitative estimate of drug-likeness (QED) is 0.470. The Kier molecular flexibility index (Phi) is 5.10. The number of hydrogen-bond acceptors (Lipinski definition) is 2. The van der Waals surface area contributed by atoms with Crippen molar-refractivity contribution in [2.24, 2.45) is 5.92 Å². The summed E-state index contributed by atoms with van der Waals surface area (Å²) < 4.78 is 0. The number of aromatic nitrogens is 1. The predicted molar refractivity (Wildman–Crippen MR) is 81.9 cm³/mol. The molecule has 1 aromatic heterocycles. The van der Waals surface area contributed by atoms with Crippen molar-refractivity contribution in [3.63, 3.8) is 0 Å². The standard InChI is InChI=1S/C15H22Cl2N2/c1-19(2)11-13-6-4-3-5-9-15(13,17)12-7-8-14(16)18-10-12/h7-8,10,13H,3-6,9,11H2,1-2H3. The fourth-order valence-corrected chi connectivity index (χ4v) is 3.60. The van der Waals surface area contributed by atoms with Gasteiger partial charge in [0.1, 0.15) is 5.15 Å². The lowest BCUT2D eigenvalue weighted by atomic mass is 9.82. The van der Waals surface area contributed by atoms with Crippen LogP contribution < -0.4 is 0 Å². The predicted octanol–water partition coefficient (Wildman–Crippen LogP) is 4.31. The van der Waals surface area contributed by atoms with Gasteiger partial charge in [0.05, 0.1) is 4.87 Å². The van der Waals surface area contributed by atoms with Gasteiger partial charge in [-0.15, -0.1) is 11.6 Å². The van der Waals surface area contributed by atoms with Gasteiger partial charge in [0.25, 0.3) is 0 Å². The molecule has 0 saturated heterocycles. The molecule has 1 aromatic rings. The summed E-state index contributed by atoms with van der Waals surface area (Å²) in [6, 6.07) is 3.88. The first-order chi connectivity index (χ1) is 9.02. The first-order valence-corrected chi connectivity index (χ1v) is 7.73. The van der Waals surface area contributed by atoms with E-state index in [0.717, 1.165) is 18.5 Å². The Morgan fingerprint density at radius 3 is 2.74 bits per heavy atom. The van der Waals surface area contributed by atoms with Crippen LogP contribution in [-0.2, 0) is 4.87 Å². The van der Waals surface area contributed by atoms with E-state index in [9.17, 15) is 0 Å². The Balaban J connectivity index is 2.30. The number of rotatable bonds is 3. The molecule has 4 heteroatoms. The Hall–Kier alpha value is -0.310. The highest BCUT2D eigenvalue weighted by Crippen LogP contribution is 2.46. The first kappa shape index (κ1) is 15.1. The van der Waals surface area contributed by atoms with Crippen molar-refractivity contribution in [3.05, 3.63) is 29.0 Å². The van der Waals surface area contributed by atoms with E-state index in [1.54, 1.807) is 0 Å². The van der Waals surface area contributed by atoms with Crippen molar-refractivity contribution in [2.75, 3.05) is 20.6 Å². The zero-order chi connectivity index (χ0) is 13.9. The highest BCUT2D eigenvalue weighted by atomic mass is 35.5. The molecule has 2 rings (SSSR count). The lowest BCUT2D eigenvalue weighted by Crippen LogP contribution is -2.36. The maximum absolute atomic E-state index is 7.06. The van der Waals surface area contributed by atoms with Crippen molar-refractivity contribution < 1.29 is 0 Å². The van der Waals surface area contributed by atoms with Gasteiger partial charge in [0, 0.05) is 12.7 Å². The van der Waals surface area contributed by atoms with Crippen LogP contribution in [0.3, 0.4) is 0 Å². The van der Waals surface area contributed by atoms with Crippen LogP contribution in [0, 0.1) is 5.92 Å². The second-order valence-corrected chi connectivity index (χ2v) is 6.85. The SMILES string of the molecule is CN(C)CC1CCCCCC1(Cl)c1ccc(Cl)nc1. The van der Waals surface area contributed by atoms with Crippen molar-refractivity contribution in [1.29, 1.82) is 0 Å². The lowest BCUT2D eigenvalue weighted by Gasteiger charge is -2.36. The molecule has 0 aromatic carbocycles. The summed E-state index contributed by atoms with van der Waals surface area (Å²) in [7, 11) is 4.23. The molecule has 0 aliphatic heterocycles. The van der Waals surface area contributed by atoms with Gasteiger partial charge in [-0.05, 0) is 44.5 Å². The number of pyridine rings is 1. The molecule has 1 fully saturated rings. The fourth-order valence-electron chi connectivity index (χ4n) is 3.06. The van der Waals surface area contributed by atoms with Crippen LogP contribution in [0.4, 0.5) is 0 Å². The Morgan fingerprint density at radius 1 is 1.32 bits per heavy atom. The van der Waals surface area contributed by atoms with E-state index in [4.69, 9.17) is 23.2 Å². The minimum absolute atomic E-state index is 0.293. The van der Waals surface area contributed by atoms with E-state index in [1.165, 1.54) is 25.7 Å². The lowest BCUT2D eigenvalue weighted by molar-refractivity contribution is 0.253. The fraction of sp³-hybridized carbons (Fsp3) is 0.667. The summed E-state index contributed by atoms with van der Waals surface area (Å²) in [6.45, 7) is 1.02. The van der Waals surface area contributed by atoms with Gasteiger partial charge < -0.3 is 4.90 Å². The Labute approximate surface area is 126 Å². The normalized spacial score (nSPS) is 28.4. The summed E-state index contributed by atoms with van der Waals surface area (Å²) in [4.78, 5) is 6.15. The Bertz CT molecular complexity index is 405. The number of nitrogens with zero attached hydrogens (tertiary/aromatic N) is 2. The average molecular weight is 301 g/mol. The molecule has 2 nitrogen and oxygen atoms in total. The smallest absolute Gasteiger partial charge is 0.129 e. The molecule has 19 heavy (non-hydrogen) atoms. The highest BCUT2D eigenvalue weighted by molar-refractivity contribution is 6.29. The van der Waals surface area contributed by atoms with Crippen molar-refractivity contribution >= 4 is 23.2 Å². The summed E-state index contributed by atoms with van der Waals surface area (Å²) in [5, 5.41) is 0.529. The molecule has 0 N–H and O–H groups in total. The molecule has 2 atom stereocenters. The first-order valence-electron chi connectivity index (χ1n) is 6.98. The number of halogens is 2. The highest BCUT2D eigenvalue weighted by Gasteiger charge is 2.39. The van der Waals surface area contributed by atoms with Gasteiger partial charge >= 0.3 is 0 Å². The minimum Gasteiger partial charge on any atom is -0.309 e. The van der Waals surface area contributed by atoms with E-state index in [-0.39, 0.29) is 4.87 Å². The average Bonchev–Trinajstić information content (AvgIpc) is 2.53. The Morgan fingerprint density at radius 2 is 2.11 bits per heavy atom. The largest absolute Gasteiger partial charge is 0.309 e. The van der Waals surface area contributed by atoms with E-state index in [0.29, 0.717) is 11.1 Å². The van der Waals surface area contributed by atoms with Crippen LogP contribution in [0.1, 0.15) is 37.7 Å². The third-order valence-electron chi connectivity index (χ3n) is 4.03. The molecule has 106 valence electrons.